The third-order valence-corrected chi connectivity index (χ3v) is 21.9. The molecule has 690 valence electrons. The van der Waals surface area contributed by atoms with Gasteiger partial charge < -0.3 is 0 Å². The van der Waals surface area contributed by atoms with Crippen molar-refractivity contribution >= 4 is 107 Å². The van der Waals surface area contributed by atoms with Gasteiger partial charge in [0, 0.05) is 54.9 Å². The first-order chi connectivity index (χ1) is 63.9. The maximum absolute atomic E-state index is 4.61. The van der Waals surface area contributed by atoms with Crippen LogP contribution in [0.2, 0.25) is 0 Å². The zero-order valence-electron chi connectivity index (χ0n) is 85.4. The fourth-order valence-corrected chi connectivity index (χ4v) is 16.2. The first-order valence-corrected chi connectivity index (χ1v) is 48.7. The number of benzene rings is 16. The molecule has 0 radical (unpaired) electrons. The molecule has 0 aliphatic heterocycles. The molecule has 20 aromatic rings. The molecule has 0 unspecified atom stereocenters. The van der Waals surface area contributed by atoms with Crippen molar-refractivity contribution in [2.75, 3.05) is 0 Å². The Hall–Kier alpha value is -13.1. The van der Waals surface area contributed by atoms with Gasteiger partial charge in [-0.2, -0.15) is 0 Å². The smallest absolute Gasteiger partial charge is 0.116 e. The molecule has 0 fully saturated rings. The van der Waals surface area contributed by atoms with Crippen LogP contribution in [0.5, 0.6) is 0 Å². The molecule has 16 aromatic carbocycles. The number of para-hydroxylation sites is 1. The molecule has 2 aliphatic carbocycles. The summed E-state index contributed by atoms with van der Waals surface area (Å²) in [6.07, 6.45) is 8.26. The summed E-state index contributed by atoms with van der Waals surface area (Å²) in [6.45, 7) is 57.2. The lowest BCUT2D eigenvalue weighted by Crippen LogP contribution is -2.11. The zero-order chi connectivity index (χ0) is 97.5. The number of hydrogen-bond acceptors (Lipinski definition) is 5. The van der Waals surface area contributed by atoms with Gasteiger partial charge >= 0.3 is 0 Å². The van der Waals surface area contributed by atoms with Crippen molar-refractivity contribution in [2.45, 2.75) is 197 Å². The third kappa shape index (κ3) is 31.3. The minimum absolute atomic E-state index is 0.125. The molecule has 4 nitrogen and oxygen atoms in total. The lowest BCUT2D eigenvalue weighted by molar-refractivity contribution is 0.469. The van der Waals surface area contributed by atoms with Crippen LogP contribution in [0.15, 0.2) is 389 Å². The predicted molar refractivity (Wildman–Crippen MR) is 598 cm³/mol. The van der Waals surface area contributed by atoms with Gasteiger partial charge in [0.05, 0.1) is 16.6 Å². The first kappa shape index (κ1) is 102. The SMILES string of the molecule is CC(C)(C)C.CC(C)(C)C.CC(C)(C)C.CC(C)(C)C.CC(C)(C)C.CC(C)(C)c1cc(-c2ccccc2)cc(-c2ccccc2)c1.CC(C)(C)c1cnc2c(ccc3cccnc32)c1.c1ccc2c(c1)-c1cccc3cccc-2c13.c1ccc2c(c1)Cc1ccccc1-2.c1ccc2c(c1)c1ccccc1c1ccccc21.c1ccc2c(c1)sc1ccccc12.c1ccc2ncncc2c1. The van der Waals surface area contributed by atoms with Gasteiger partial charge in [-0.1, -0.05) is 508 Å². The van der Waals surface area contributed by atoms with E-state index in [2.05, 4.69) is 534 Å². The average Bonchev–Trinajstić information content (AvgIpc) is 1.67. The van der Waals surface area contributed by atoms with Crippen molar-refractivity contribution in [3.05, 3.63) is 411 Å². The van der Waals surface area contributed by atoms with Gasteiger partial charge in [0.15, 0.2) is 0 Å². The molecule has 0 atom stereocenters. The summed E-state index contributed by atoms with van der Waals surface area (Å²) in [6, 6.07) is 129. The van der Waals surface area contributed by atoms with Gasteiger partial charge in [-0.25, -0.2) is 9.97 Å². The molecule has 0 saturated carbocycles. The molecule has 22 rings (SSSR count). The van der Waals surface area contributed by atoms with Crippen molar-refractivity contribution in [3.8, 4) is 55.6 Å². The summed E-state index contributed by atoms with van der Waals surface area (Å²) in [7, 11) is 0. The number of rotatable bonds is 2. The van der Waals surface area contributed by atoms with Crippen LogP contribution in [0.4, 0.5) is 0 Å². The van der Waals surface area contributed by atoms with E-state index in [0.29, 0.717) is 27.1 Å². The van der Waals surface area contributed by atoms with Gasteiger partial charge in [-0.3, -0.25) is 9.97 Å². The highest BCUT2D eigenvalue weighted by molar-refractivity contribution is 7.25. The van der Waals surface area contributed by atoms with E-state index in [4.69, 9.17) is 0 Å². The van der Waals surface area contributed by atoms with Crippen molar-refractivity contribution in [2.24, 2.45) is 27.1 Å². The van der Waals surface area contributed by atoms with Crippen LogP contribution in [-0.4, -0.2) is 19.9 Å². The molecule has 2 aliphatic rings. The molecule has 5 heteroatoms. The summed E-state index contributed by atoms with van der Waals surface area (Å²) in [5.41, 5.74) is 24.7. The highest BCUT2D eigenvalue weighted by Gasteiger charge is 2.22. The largest absolute Gasteiger partial charge is 0.254 e. The van der Waals surface area contributed by atoms with Crippen molar-refractivity contribution in [3.63, 3.8) is 0 Å². The minimum atomic E-state index is 0.125. The monoisotopic (exact) mass is 1790 g/mol. The van der Waals surface area contributed by atoms with Crippen LogP contribution in [0, 0.1) is 27.1 Å². The van der Waals surface area contributed by atoms with Gasteiger partial charge in [0.25, 0.3) is 0 Å². The van der Waals surface area contributed by atoms with E-state index in [9.17, 15) is 0 Å². The molecule has 4 aromatic heterocycles. The van der Waals surface area contributed by atoms with Crippen molar-refractivity contribution < 1.29 is 0 Å². The molecule has 0 saturated heterocycles. The number of fused-ring (bicyclic) bond motifs is 19. The molecule has 0 bridgehead atoms. The van der Waals surface area contributed by atoms with Crippen LogP contribution in [0.3, 0.4) is 0 Å². The highest BCUT2D eigenvalue weighted by atomic mass is 32.1. The van der Waals surface area contributed by atoms with E-state index < -0.39 is 0 Å². The Labute approximate surface area is 812 Å². The summed E-state index contributed by atoms with van der Waals surface area (Å²) in [5.74, 6) is 0. The van der Waals surface area contributed by atoms with Crippen LogP contribution in [0.1, 0.15) is 202 Å². The fourth-order valence-electron chi connectivity index (χ4n) is 15.1. The van der Waals surface area contributed by atoms with E-state index in [-0.39, 0.29) is 10.8 Å². The second kappa shape index (κ2) is 45.8. The van der Waals surface area contributed by atoms with Crippen LogP contribution >= 0.6 is 11.3 Å². The van der Waals surface area contributed by atoms with E-state index in [1.165, 1.54) is 141 Å². The summed E-state index contributed by atoms with van der Waals surface area (Å²) in [4.78, 5) is 17.0. The Morgan fingerprint density at radius 2 is 0.548 bits per heavy atom. The number of nitrogens with zero attached hydrogens (tertiary/aromatic N) is 4. The van der Waals surface area contributed by atoms with Crippen molar-refractivity contribution in [1.29, 1.82) is 0 Å². The quantitative estimate of drug-likeness (QED) is 0.162. The van der Waals surface area contributed by atoms with E-state index in [1.54, 1.807) is 6.33 Å². The van der Waals surface area contributed by atoms with Crippen LogP contribution < -0.4 is 0 Å². The van der Waals surface area contributed by atoms with Gasteiger partial charge in [0.2, 0.25) is 0 Å². The Kier molecular flexibility index (Phi) is 34.7. The first-order valence-electron chi connectivity index (χ1n) is 47.8. The number of hydrogen-bond donors (Lipinski definition) is 0. The number of pyridine rings is 2. The molecule has 0 N–H and O–H groups in total. The fraction of sp³-hybridized carbons (Fsp3) is 0.262. The third-order valence-electron chi connectivity index (χ3n) is 20.8. The number of thiophene rings is 1. The average molecular weight is 1790 g/mol. The Balaban J connectivity index is 0.000000146. The van der Waals surface area contributed by atoms with Gasteiger partial charge in [-0.15, -0.1) is 11.3 Å². The second-order valence-corrected chi connectivity index (χ2v) is 46.1. The molecule has 0 amide bonds. The number of aromatic nitrogens is 4. The second-order valence-electron chi connectivity index (χ2n) is 45.0. The molecule has 0 spiro atoms. The molecule has 135 heavy (non-hydrogen) atoms. The van der Waals surface area contributed by atoms with E-state index >= 15 is 0 Å². The maximum Gasteiger partial charge on any atom is 0.116 e. The van der Waals surface area contributed by atoms with Crippen LogP contribution in [0.25, 0.3) is 152 Å². The summed E-state index contributed by atoms with van der Waals surface area (Å²) < 4.78 is 2.76. The topological polar surface area (TPSA) is 51.6 Å². The lowest BCUT2D eigenvalue weighted by atomic mass is 9.83. The van der Waals surface area contributed by atoms with E-state index in [0.717, 1.165) is 39.1 Å². The Morgan fingerprint density at radius 1 is 0.222 bits per heavy atom. The van der Waals surface area contributed by atoms with Crippen molar-refractivity contribution in [1.82, 2.24) is 19.9 Å². The zero-order valence-corrected chi connectivity index (χ0v) is 86.2. The van der Waals surface area contributed by atoms with Crippen LogP contribution in [-0.2, 0) is 17.3 Å². The molecule has 4 heterocycles. The standard InChI is InChI=1S/C22H22.C18H12.C16H16N2.C16H10.C13H10.C12H8S.C8H6N2.5C5H12/c1-22(2,3)21-15-19(17-10-6-4-7-11-17)14-20(16-21)18-12-8-5-9-13-18;1-2-8-14-13(7-1)15-9-3-4-11-17(15)18-12-6-5-10-16(14)18;1-16(2,3)13-9-12-7-6-11-5-4-8-17-14(11)15(12)18-10-13;1-2-8-13-12(7-1)14-9-3-5-11-6-4-10-15(13)16(11)14;1-3-7-12-10(5-1)9-11-6-2-4-8-13(11)12;1-3-7-11-9(5-1)10-6-2-4-8-12(10)13-11;1-2-4-8-7(3-1)5-9-6-10-8;5*1-5(2,3)4/h4-16H,1-3H3;1-12H;4-10H,1-3H3;1-10H;1-8H,9H2;1-8H;1-6H;5*1-4H3. The summed E-state index contributed by atoms with van der Waals surface area (Å²) in [5, 5.41) is 16.9. The minimum Gasteiger partial charge on any atom is -0.254 e. The lowest BCUT2D eigenvalue weighted by Gasteiger charge is -2.21. The van der Waals surface area contributed by atoms with Gasteiger partial charge in [-0.05, 0) is 202 Å². The Morgan fingerprint density at radius 3 is 0.956 bits per heavy atom. The summed E-state index contributed by atoms with van der Waals surface area (Å²) >= 11 is 1.86. The maximum atomic E-state index is 4.61. The predicted octanol–water partition coefficient (Wildman–Crippen LogP) is 39.2. The normalized spacial score (nSPS) is 11.6. The Bertz CT molecular complexity index is 6630. The molecular formula is C130H144N4S. The van der Waals surface area contributed by atoms with E-state index in [1.807, 2.05) is 60.3 Å². The van der Waals surface area contributed by atoms with Gasteiger partial charge in [0.1, 0.15) is 6.33 Å². The highest BCUT2D eigenvalue weighted by Crippen LogP contribution is 2.47. The molecular weight excluding hydrogens is 1650 g/mol.